The standard InChI is InChI=1S/C24H30N6/c25-13-20-14-28-23(27-7-6-16-4-2-1-3-5-16)30-22(20)29-15-24-10-17-8-18(11-24)21(26)19(9-17)12-24/h1-5,14,17-19,21H,6-12,15,26H2,(H2,27,28,29,30)/t17?,18-,19?,21?,24?/m0/s1. The Morgan fingerprint density at radius 2 is 1.87 bits per heavy atom. The molecule has 1 aromatic carbocycles. The lowest BCUT2D eigenvalue weighted by atomic mass is 9.48. The van der Waals surface area contributed by atoms with Gasteiger partial charge in [0.05, 0.1) is 6.20 Å². The first-order valence-electron chi connectivity index (χ1n) is 11.2. The highest BCUT2D eigenvalue weighted by Gasteiger charge is 2.54. The van der Waals surface area contributed by atoms with Crippen LogP contribution in [0.15, 0.2) is 36.5 Å². The average molecular weight is 403 g/mol. The van der Waals surface area contributed by atoms with E-state index in [4.69, 9.17) is 5.73 Å². The Labute approximate surface area is 178 Å². The summed E-state index contributed by atoms with van der Waals surface area (Å²) in [6.07, 6.45) is 8.86. The van der Waals surface area contributed by atoms with Crippen LogP contribution in [0, 0.1) is 34.5 Å². The molecule has 4 fully saturated rings. The zero-order valence-electron chi connectivity index (χ0n) is 17.3. The number of hydrogen-bond acceptors (Lipinski definition) is 6. The summed E-state index contributed by atoms with van der Waals surface area (Å²) in [4.78, 5) is 8.95. The molecule has 0 saturated heterocycles. The number of hydrogen-bond donors (Lipinski definition) is 3. The third-order valence-electron chi connectivity index (χ3n) is 7.55. The average Bonchev–Trinajstić information content (AvgIpc) is 2.76. The lowest BCUT2D eigenvalue weighted by molar-refractivity contribution is -0.0591. The smallest absolute Gasteiger partial charge is 0.224 e. The summed E-state index contributed by atoms with van der Waals surface area (Å²) >= 11 is 0. The number of nitrogens with one attached hydrogen (secondary N) is 2. The molecule has 4 aliphatic rings. The van der Waals surface area contributed by atoms with E-state index in [-0.39, 0.29) is 0 Å². The minimum Gasteiger partial charge on any atom is -0.368 e. The lowest BCUT2D eigenvalue weighted by Crippen LogP contribution is -2.58. The van der Waals surface area contributed by atoms with Crippen LogP contribution in [0.4, 0.5) is 11.8 Å². The van der Waals surface area contributed by atoms with Crippen molar-refractivity contribution in [3.05, 3.63) is 47.7 Å². The summed E-state index contributed by atoms with van der Waals surface area (Å²) in [7, 11) is 0. The van der Waals surface area contributed by atoms with Crippen molar-refractivity contribution in [2.24, 2.45) is 28.9 Å². The second-order valence-corrected chi connectivity index (χ2v) is 9.63. The number of nitriles is 1. The molecule has 30 heavy (non-hydrogen) atoms. The molecular formula is C24H30N6. The maximum atomic E-state index is 9.52. The van der Waals surface area contributed by atoms with Crippen LogP contribution in [-0.2, 0) is 6.42 Å². The first-order chi connectivity index (χ1) is 14.6. The van der Waals surface area contributed by atoms with Crippen molar-refractivity contribution in [1.29, 1.82) is 5.26 Å². The normalized spacial score (nSPS) is 31.3. The summed E-state index contributed by atoms with van der Waals surface area (Å²) in [5.41, 5.74) is 8.59. The summed E-state index contributed by atoms with van der Waals surface area (Å²) in [6, 6.07) is 13.0. The second-order valence-electron chi connectivity index (χ2n) is 9.63. The van der Waals surface area contributed by atoms with E-state index in [0.29, 0.717) is 40.6 Å². The van der Waals surface area contributed by atoms with Crippen molar-refractivity contribution in [3.63, 3.8) is 0 Å². The van der Waals surface area contributed by atoms with Crippen LogP contribution in [0.2, 0.25) is 0 Å². The van der Waals surface area contributed by atoms with E-state index in [2.05, 4.69) is 38.8 Å². The molecule has 1 heterocycles. The summed E-state index contributed by atoms with van der Waals surface area (Å²) in [5.74, 6) is 3.40. The Morgan fingerprint density at radius 1 is 1.10 bits per heavy atom. The van der Waals surface area contributed by atoms with Gasteiger partial charge in [0.15, 0.2) is 0 Å². The summed E-state index contributed by atoms with van der Waals surface area (Å²) < 4.78 is 0. The van der Waals surface area contributed by atoms with Gasteiger partial charge >= 0.3 is 0 Å². The zero-order valence-corrected chi connectivity index (χ0v) is 17.3. The minimum absolute atomic E-state index is 0.310. The quantitative estimate of drug-likeness (QED) is 0.655. The predicted octanol–water partition coefficient (Wildman–Crippen LogP) is 3.57. The van der Waals surface area contributed by atoms with Gasteiger partial charge in [-0.1, -0.05) is 30.3 Å². The molecule has 4 aliphatic carbocycles. The van der Waals surface area contributed by atoms with Gasteiger partial charge in [-0.25, -0.2) is 4.98 Å². The maximum absolute atomic E-state index is 9.52. The van der Waals surface area contributed by atoms with Gasteiger partial charge in [-0.2, -0.15) is 10.2 Å². The van der Waals surface area contributed by atoms with E-state index in [0.717, 1.165) is 25.4 Å². The Kier molecular flexibility index (Phi) is 5.08. The van der Waals surface area contributed by atoms with Gasteiger partial charge in [0, 0.05) is 19.1 Å². The molecule has 4 bridgehead atoms. The minimum atomic E-state index is 0.310. The molecule has 1 aromatic heterocycles. The Balaban J connectivity index is 1.24. The number of nitrogens with zero attached hydrogens (tertiary/aromatic N) is 3. The Hall–Kier alpha value is -2.65. The van der Waals surface area contributed by atoms with Crippen LogP contribution in [0.3, 0.4) is 0 Å². The van der Waals surface area contributed by atoms with Crippen molar-refractivity contribution in [2.45, 2.75) is 44.6 Å². The third-order valence-corrected chi connectivity index (χ3v) is 7.55. The molecule has 2 aromatic rings. The topological polar surface area (TPSA) is 99.6 Å². The van der Waals surface area contributed by atoms with E-state index in [1.165, 1.54) is 37.7 Å². The molecular weight excluding hydrogens is 372 g/mol. The summed E-state index contributed by atoms with van der Waals surface area (Å²) in [6.45, 7) is 1.63. The molecule has 6 rings (SSSR count). The van der Waals surface area contributed by atoms with Gasteiger partial charge in [0.25, 0.3) is 0 Å². The zero-order chi connectivity index (χ0) is 20.6. The van der Waals surface area contributed by atoms with E-state index >= 15 is 0 Å². The number of aromatic nitrogens is 2. The number of benzene rings is 1. The van der Waals surface area contributed by atoms with Crippen LogP contribution in [0.5, 0.6) is 0 Å². The van der Waals surface area contributed by atoms with Crippen molar-refractivity contribution in [1.82, 2.24) is 9.97 Å². The molecule has 6 nitrogen and oxygen atoms in total. The first-order valence-corrected chi connectivity index (χ1v) is 11.2. The second kappa shape index (κ2) is 7.88. The van der Waals surface area contributed by atoms with Crippen molar-refractivity contribution >= 4 is 11.8 Å². The van der Waals surface area contributed by atoms with Crippen LogP contribution in [0.1, 0.15) is 43.2 Å². The van der Waals surface area contributed by atoms with Crippen LogP contribution < -0.4 is 16.4 Å². The third kappa shape index (κ3) is 3.75. The molecule has 6 heteroatoms. The van der Waals surface area contributed by atoms with Gasteiger partial charge in [0.2, 0.25) is 5.95 Å². The largest absolute Gasteiger partial charge is 0.368 e. The molecule has 4 unspecified atom stereocenters. The fourth-order valence-electron chi connectivity index (χ4n) is 6.37. The molecule has 0 aliphatic heterocycles. The van der Waals surface area contributed by atoms with E-state index in [1.54, 1.807) is 6.20 Å². The lowest BCUT2D eigenvalue weighted by Gasteiger charge is -2.59. The van der Waals surface area contributed by atoms with Gasteiger partial charge in [-0.15, -0.1) is 0 Å². The fraction of sp³-hybridized carbons (Fsp3) is 0.542. The first kappa shape index (κ1) is 19.3. The van der Waals surface area contributed by atoms with Gasteiger partial charge in [-0.05, 0) is 67.3 Å². The highest BCUT2D eigenvalue weighted by Crippen LogP contribution is 2.59. The molecule has 5 atom stereocenters. The van der Waals surface area contributed by atoms with Gasteiger partial charge in [0.1, 0.15) is 17.5 Å². The highest BCUT2D eigenvalue weighted by molar-refractivity contribution is 5.53. The number of nitrogens with two attached hydrogens (primary N) is 1. The maximum Gasteiger partial charge on any atom is 0.224 e. The molecule has 156 valence electrons. The van der Waals surface area contributed by atoms with Crippen LogP contribution >= 0.6 is 0 Å². The van der Waals surface area contributed by atoms with Crippen LogP contribution in [-0.4, -0.2) is 29.1 Å². The highest BCUT2D eigenvalue weighted by atomic mass is 15.1. The van der Waals surface area contributed by atoms with Gasteiger partial charge < -0.3 is 16.4 Å². The molecule has 0 radical (unpaired) electrons. The summed E-state index contributed by atoms with van der Waals surface area (Å²) in [5, 5.41) is 16.3. The van der Waals surface area contributed by atoms with Crippen LogP contribution in [0.25, 0.3) is 0 Å². The molecule has 4 N–H and O–H groups in total. The Morgan fingerprint density at radius 3 is 2.60 bits per heavy atom. The van der Waals surface area contributed by atoms with E-state index in [1.807, 2.05) is 18.2 Å². The van der Waals surface area contributed by atoms with E-state index in [9.17, 15) is 5.26 Å². The van der Waals surface area contributed by atoms with Crippen molar-refractivity contribution in [3.8, 4) is 6.07 Å². The number of anilines is 2. The molecule has 0 spiro atoms. The molecule has 0 amide bonds. The van der Waals surface area contributed by atoms with Crippen molar-refractivity contribution in [2.75, 3.05) is 23.7 Å². The van der Waals surface area contributed by atoms with Gasteiger partial charge in [-0.3, -0.25) is 0 Å². The SMILES string of the molecule is N#Cc1cnc(NCCc2ccccc2)nc1NCC12CC3CC(C1)C(N)[C@@H](C3)C2. The monoisotopic (exact) mass is 402 g/mol. The van der Waals surface area contributed by atoms with E-state index < -0.39 is 0 Å². The fourth-order valence-corrected chi connectivity index (χ4v) is 6.37. The number of rotatable bonds is 7. The van der Waals surface area contributed by atoms with Crippen molar-refractivity contribution < 1.29 is 0 Å². The predicted molar refractivity (Wildman–Crippen MR) is 118 cm³/mol. The molecule has 4 saturated carbocycles. The Bertz CT molecular complexity index is 920.